The lowest BCUT2D eigenvalue weighted by Crippen LogP contribution is -2.44. The van der Waals surface area contributed by atoms with E-state index in [2.05, 4.69) is 5.32 Å². The van der Waals surface area contributed by atoms with Crippen LogP contribution in [0.3, 0.4) is 0 Å². The molecule has 0 rings (SSSR count). The Bertz CT molecular complexity index is 295. The summed E-state index contributed by atoms with van der Waals surface area (Å²) in [6.45, 7) is 1.98. The van der Waals surface area contributed by atoms with Crippen LogP contribution in [0.2, 0.25) is 0 Å². The summed E-state index contributed by atoms with van der Waals surface area (Å²) in [7, 11) is 0. The zero-order valence-electron chi connectivity index (χ0n) is 10.3. The number of nitrogens with zero attached hydrogens (tertiary/aromatic N) is 1. The third-order valence-corrected chi connectivity index (χ3v) is 1.87. The highest BCUT2D eigenvalue weighted by molar-refractivity contribution is 5.80. The van der Waals surface area contributed by atoms with E-state index in [4.69, 9.17) is 15.6 Å². The van der Waals surface area contributed by atoms with Gasteiger partial charge in [-0.15, -0.1) is 0 Å². The Balaban J connectivity index is 3.87. The lowest BCUT2D eigenvalue weighted by atomic mass is 10.4. The maximum absolute atomic E-state index is 11.6. The molecule has 0 heterocycles. The quantitative estimate of drug-likeness (QED) is 0.459. The molecule has 104 valence electrons. The predicted molar refractivity (Wildman–Crippen MR) is 62.9 cm³/mol. The van der Waals surface area contributed by atoms with Gasteiger partial charge in [-0.25, -0.2) is 4.79 Å². The Morgan fingerprint density at radius 3 is 2.56 bits per heavy atom. The summed E-state index contributed by atoms with van der Waals surface area (Å²) in [5.74, 6) is -1.65. The van der Waals surface area contributed by atoms with Gasteiger partial charge in [-0.2, -0.15) is 0 Å². The number of aliphatic carboxylic acids is 1. The van der Waals surface area contributed by atoms with E-state index in [0.717, 1.165) is 0 Å². The van der Waals surface area contributed by atoms with Crippen molar-refractivity contribution in [2.24, 2.45) is 5.73 Å². The van der Waals surface area contributed by atoms with Gasteiger partial charge in [-0.3, -0.25) is 9.59 Å². The van der Waals surface area contributed by atoms with E-state index in [-0.39, 0.29) is 26.3 Å². The largest absolute Gasteiger partial charge is 0.480 e. The van der Waals surface area contributed by atoms with Crippen LogP contribution in [0.5, 0.6) is 0 Å². The number of nitrogens with one attached hydrogen (secondary N) is 1. The molecule has 0 unspecified atom stereocenters. The monoisotopic (exact) mass is 261 g/mol. The van der Waals surface area contributed by atoms with E-state index in [9.17, 15) is 14.4 Å². The Morgan fingerprint density at radius 1 is 1.39 bits per heavy atom. The molecule has 0 atom stereocenters. The molecule has 0 aliphatic heterocycles. The first-order valence-electron chi connectivity index (χ1n) is 5.58. The highest BCUT2D eigenvalue weighted by Gasteiger charge is 2.14. The van der Waals surface area contributed by atoms with Gasteiger partial charge in [-0.1, -0.05) is 6.92 Å². The van der Waals surface area contributed by atoms with Gasteiger partial charge >= 0.3 is 12.0 Å². The molecular weight excluding hydrogens is 242 g/mol. The van der Waals surface area contributed by atoms with E-state index >= 15 is 0 Å². The second-order valence-electron chi connectivity index (χ2n) is 3.57. The van der Waals surface area contributed by atoms with E-state index < -0.39 is 17.9 Å². The van der Waals surface area contributed by atoms with Crippen molar-refractivity contribution in [2.75, 3.05) is 32.8 Å². The van der Waals surface area contributed by atoms with Crippen LogP contribution in [0, 0.1) is 0 Å². The number of nitrogens with two attached hydrogens (primary N) is 1. The van der Waals surface area contributed by atoms with Gasteiger partial charge in [0.05, 0.1) is 6.61 Å². The lowest BCUT2D eigenvalue weighted by Gasteiger charge is -2.20. The highest BCUT2D eigenvalue weighted by Crippen LogP contribution is 1.92. The van der Waals surface area contributed by atoms with E-state index in [1.54, 1.807) is 0 Å². The molecule has 8 heteroatoms. The summed E-state index contributed by atoms with van der Waals surface area (Å²) in [6, 6.07) is -0.470. The van der Waals surface area contributed by atoms with E-state index in [1.807, 2.05) is 6.92 Å². The molecule has 0 saturated heterocycles. The van der Waals surface area contributed by atoms with E-state index in [0.29, 0.717) is 13.0 Å². The fourth-order valence-corrected chi connectivity index (χ4v) is 1.20. The average molecular weight is 261 g/mol. The number of amides is 3. The van der Waals surface area contributed by atoms with Crippen molar-refractivity contribution < 1.29 is 24.2 Å². The molecule has 0 aromatic heterocycles. The van der Waals surface area contributed by atoms with Crippen molar-refractivity contribution in [3.8, 4) is 0 Å². The first-order chi connectivity index (χ1) is 8.47. The van der Waals surface area contributed by atoms with Gasteiger partial charge in [0.15, 0.2) is 0 Å². The SMILES string of the molecule is CCCN(CC(=O)O)C(=O)NCCOCC(N)=O. The number of ether oxygens (including phenoxy) is 1. The summed E-state index contributed by atoms with van der Waals surface area (Å²) in [5.41, 5.74) is 4.85. The molecule has 4 N–H and O–H groups in total. The molecule has 0 aliphatic rings. The van der Waals surface area contributed by atoms with E-state index in [1.165, 1.54) is 4.90 Å². The van der Waals surface area contributed by atoms with Crippen LogP contribution in [-0.4, -0.2) is 60.8 Å². The Kier molecular flexibility index (Phi) is 8.29. The minimum atomic E-state index is -1.07. The summed E-state index contributed by atoms with van der Waals surface area (Å²) in [6.07, 6.45) is 0.666. The molecule has 8 nitrogen and oxygen atoms in total. The fourth-order valence-electron chi connectivity index (χ4n) is 1.20. The lowest BCUT2D eigenvalue weighted by molar-refractivity contribution is -0.137. The Hall–Kier alpha value is -1.83. The normalized spacial score (nSPS) is 9.83. The van der Waals surface area contributed by atoms with Crippen molar-refractivity contribution in [1.82, 2.24) is 10.2 Å². The topological polar surface area (TPSA) is 122 Å². The van der Waals surface area contributed by atoms with Crippen LogP contribution in [0.4, 0.5) is 4.79 Å². The second kappa shape index (κ2) is 9.23. The summed E-state index contributed by atoms with van der Waals surface area (Å²) in [4.78, 5) is 33.7. The summed E-state index contributed by atoms with van der Waals surface area (Å²) in [5, 5.41) is 11.1. The van der Waals surface area contributed by atoms with Gasteiger partial charge in [0.2, 0.25) is 5.91 Å². The summed E-state index contributed by atoms with van der Waals surface area (Å²) >= 11 is 0. The zero-order chi connectivity index (χ0) is 14.0. The van der Waals surface area contributed by atoms with Gasteiger partial charge in [-0.05, 0) is 6.42 Å². The van der Waals surface area contributed by atoms with Gasteiger partial charge in [0, 0.05) is 13.1 Å². The molecule has 0 aromatic carbocycles. The highest BCUT2D eigenvalue weighted by atomic mass is 16.5. The predicted octanol–water partition coefficient (Wildman–Crippen LogP) is -1.01. The minimum Gasteiger partial charge on any atom is -0.480 e. The number of carboxylic acid groups (broad SMARTS) is 1. The number of carboxylic acids is 1. The van der Waals surface area contributed by atoms with Crippen molar-refractivity contribution in [3.63, 3.8) is 0 Å². The maximum Gasteiger partial charge on any atom is 0.323 e. The van der Waals surface area contributed by atoms with Crippen LogP contribution in [0.15, 0.2) is 0 Å². The zero-order valence-corrected chi connectivity index (χ0v) is 10.3. The molecule has 0 aliphatic carbocycles. The van der Waals surface area contributed by atoms with Crippen molar-refractivity contribution >= 4 is 17.9 Å². The smallest absolute Gasteiger partial charge is 0.323 e. The van der Waals surface area contributed by atoms with Crippen molar-refractivity contribution in [3.05, 3.63) is 0 Å². The molecule has 0 spiro atoms. The van der Waals surface area contributed by atoms with Crippen molar-refractivity contribution in [2.45, 2.75) is 13.3 Å². The van der Waals surface area contributed by atoms with Crippen LogP contribution in [0.1, 0.15) is 13.3 Å². The Labute approximate surface area is 105 Å². The molecule has 0 bridgehead atoms. The number of hydrogen-bond donors (Lipinski definition) is 3. The fraction of sp³-hybridized carbons (Fsp3) is 0.700. The van der Waals surface area contributed by atoms with Gasteiger partial charge in [0.25, 0.3) is 0 Å². The molecule has 18 heavy (non-hydrogen) atoms. The van der Waals surface area contributed by atoms with Crippen LogP contribution < -0.4 is 11.1 Å². The number of primary amides is 1. The average Bonchev–Trinajstić information content (AvgIpc) is 2.26. The van der Waals surface area contributed by atoms with Crippen LogP contribution >= 0.6 is 0 Å². The molecule has 0 saturated carbocycles. The Morgan fingerprint density at radius 2 is 2.06 bits per heavy atom. The number of hydrogen-bond acceptors (Lipinski definition) is 4. The maximum atomic E-state index is 11.6. The molecule has 0 fully saturated rings. The standard InChI is InChI=1S/C10H19N3O5/c1-2-4-13(6-9(15)16)10(17)12-3-5-18-7-8(11)14/h2-7H2,1H3,(H2,11,14)(H,12,17)(H,15,16). The third-order valence-electron chi connectivity index (χ3n) is 1.87. The molecule has 3 amide bonds. The second-order valence-corrected chi connectivity index (χ2v) is 3.57. The van der Waals surface area contributed by atoms with Gasteiger partial charge < -0.3 is 25.8 Å². The first kappa shape index (κ1) is 16.2. The van der Waals surface area contributed by atoms with Crippen molar-refractivity contribution in [1.29, 1.82) is 0 Å². The third kappa shape index (κ3) is 8.34. The van der Waals surface area contributed by atoms with Crippen LogP contribution in [0.25, 0.3) is 0 Å². The number of carbonyl (C=O) groups excluding carboxylic acids is 2. The molecule has 0 radical (unpaired) electrons. The number of rotatable bonds is 9. The minimum absolute atomic E-state index is 0.141. The van der Waals surface area contributed by atoms with Gasteiger partial charge in [0.1, 0.15) is 13.2 Å². The molecular formula is C10H19N3O5. The number of urea groups is 1. The molecule has 0 aromatic rings. The summed E-state index contributed by atoms with van der Waals surface area (Å²) < 4.78 is 4.84. The number of carbonyl (C=O) groups is 3. The van der Waals surface area contributed by atoms with Crippen LogP contribution in [-0.2, 0) is 14.3 Å². The first-order valence-corrected chi connectivity index (χ1v) is 5.58.